The van der Waals surface area contributed by atoms with Gasteiger partial charge in [0.1, 0.15) is 4.90 Å². The number of carbonyl (C=O) groups is 1. The number of benzene rings is 1. The van der Waals surface area contributed by atoms with Gasteiger partial charge in [-0.25, -0.2) is 12.7 Å². The molecule has 0 aromatic heterocycles. The van der Waals surface area contributed by atoms with Crippen LogP contribution in [0.3, 0.4) is 0 Å². The third-order valence-corrected chi connectivity index (χ3v) is 6.68. The van der Waals surface area contributed by atoms with E-state index < -0.39 is 15.9 Å². The maximum absolute atomic E-state index is 12.5. The van der Waals surface area contributed by atoms with Gasteiger partial charge in [-0.3, -0.25) is 4.79 Å². The minimum absolute atomic E-state index is 0.116. The minimum atomic E-state index is -3.71. The zero-order chi connectivity index (χ0) is 15.0. The molecule has 1 heterocycles. The number of nitrogens with zero attached hydrogens (tertiary/aromatic N) is 1. The molecule has 20 heavy (non-hydrogen) atoms. The molecule has 0 fully saturated rings. The standard InChI is InChI=1S/C14H19NO3S2/c1-3-14(4-2,10-19)9-15-13(16)11-7-5-6-8-12(11)20(15,17)18/h5-8,19H,3-4,9-10H2,1-2H3. The van der Waals surface area contributed by atoms with Gasteiger partial charge < -0.3 is 0 Å². The number of carbonyl (C=O) groups excluding carboxylic acids is 1. The van der Waals surface area contributed by atoms with Crippen LogP contribution in [-0.2, 0) is 10.0 Å². The molecular weight excluding hydrogens is 294 g/mol. The third kappa shape index (κ3) is 2.24. The molecule has 0 radical (unpaired) electrons. The van der Waals surface area contributed by atoms with Crippen molar-refractivity contribution in [2.75, 3.05) is 12.3 Å². The van der Waals surface area contributed by atoms with Crippen LogP contribution in [0.5, 0.6) is 0 Å². The SMILES string of the molecule is CCC(CC)(CS)CN1C(=O)c2ccccc2S1(=O)=O. The van der Waals surface area contributed by atoms with E-state index in [1.807, 2.05) is 13.8 Å². The number of hydrogen-bond donors (Lipinski definition) is 1. The van der Waals surface area contributed by atoms with Gasteiger partial charge in [0.25, 0.3) is 15.9 Å². The Bertz CT molecular complexity index is 613. The van der Waals surface area contributed by atoms with Crippen molar-refractivity contribution < 1.29 is 13.2 Å². The Morgan fingerprint density at radius 3 is 2.30 bits per heavy atom. The number of amides is 1. The van der Waals surface area contributed by atoms with Gasteiger partial charge in [-0.2, -0.15) is 12.6 Å². The van der Waals surface area contributed by atoms with E-state index in [2.05, 4.69) is 12.6 Å². The highest BCUT2D eigenvalue weighted by Gasteiger charge is 2.44. The summed E-state index contributed by atoms with van der Waals surface area (Å²) in [6.45, 7) is 4.19. The van der Waals surface area contributed by atoms with E-state index in [9.17, 15) is 13.2 Å². The maximum Gasteiger partial charge on any atom is 0.269 e. The fourth-order valence-corrected chi connectivity index (χ4v) is 4.67. The lowest BCUT2D eigenvalue weighted by Crippen LogP contribution is -2.41. The first-order valence-electron chi connectivity index (χ1n) is 6.69. The Balaban J connectivity index is 2.44. The molecule has 1 amide bonds. The lowest BCUT2D eigenvalue weighted by Gasteiger charge is -2.33. The molecule has 0 aliphatic carbocycles. The molecule has 0 saturated carbocycles. The molecule has 0 spiro atoms. The summed E-state index contributed by atoms with van der Waals surface area (Å²) in [4.78, 5) is 12.5. The molecule has 0 bridgehead atoms. The Morgan fingerprint density at radius 2 is 1.80 bits per heavy atom. The van der Waals surface area contributed by atoms with E-state index in [-0.39, 0.29) is 22.4 Å². The summed E-state index contributed by atoms with van der Waals surface area (Å²) >= 11 is 4.35. The first-order chi connectivity index (χ1) is 9.41. The number of thiol groups is 1. The van der Waals surface area contributed by atoms with Crippen LogP contribution in [-0.4, -0.2) is 30.9 Å². The summed E-state index contributed by atoms with van der Waals surface area (Å²) < 4.78 is 26.0. The topological polar surface area (TPSA) is 54.5 Å². The van der Waals surface area contributed by atoms with Gasteiger partial charge in [-0.15, -0.1) is 0 Å². The van der Waals surface area contributed by atoms with Crippen molar-refractivity contribution >= 4 is 28.6 Å². The average Bonchev–Trinajstić information content (AvgIpc) is 2.66. The van der Waals surface area contributed by atoms with Crippen molar-refractivity contribution in [3.63, 3.8) is 0 Å². The van der Waals surface area contributed by atoms with E-state index in [1.54, 1.807) is 18.2 Å². The highest BCUT2D eigenvalue weighted by Crippen LogP contribution is 2.36. The van der Waals surface area contributed by atoms with E-state index >= 15 is 0 Å². The molecule has 0 N–H and O–H groups in total. The normalized spacial score (nSPS) is 17.4. The predicted molar refractivity (Wildman–Crippen MR) is 81.5 cm³/mol. The number of fused-ring (bicyclic) bond motifs is 1. The largest absolute Gasteiger partial charge is 0.269 e. The quantitative estimate of drug-likeness (QED) is 0.850. The molecule has 2 rings (SSSR count). The fourth-order valence-electron chi connectivity index (χ4n) is 2.44. The van der Waals surface area contributed by atoms with Crippen LogP contribution in [0.15, 0.2) is 29.2 Å². The zero-order valence-corrected chi connectivity index (χ0v) is 13.4. The van der Waals surface area contributed by atoms with E-state index in [1.165, 1.54) is 6.07 Å². The monoisotopic (exact) mass is 313 g/mol. The van der Waals surface area contributed by atoms with Crippen LogP contribution in [0.1, 0.15) is 37.0 Å². The number of sulfonamides is 1. The van der Waals surface area contributed by atoms with Crippen molar-refractivity contribution in [2.45, 2.75) is 31.6 Å². The van der Waals surface area contributed by atoms with E-state index in [0.29, 0.717) is 5.75 Å². The van der Waals surface area contributed by atoms with E-state index in [0.717, 1.165) is 17.1 Å². The molecule has 0 saturated heterocycles. The van der Waals surface area contributed by atoms with Crippen molar-refractivity contribution in [3.05, 3.63) is 29.8 Å². The van der Waals surface area contributed by atoms with Crippen LogP contribution >= 0.6 is 12.6 Å². The minimum Gasteiger partial charge on any atom is -0.268 e. The average molecular weight is 313 g/mol. The highest BCUT2D eigenvalue weighted by atomic mass is 32.2. The molecule has 4 nitrogen and oxygen atoms in total. The van der Waals surface area contributed by atoms with Crippen molar-refractivity contribution in [3.8, 4) is 0 Å². The Kier molecular flexibility index (Phi) is 4.16. The van der Waals surface area contributed by atoms with E-state index in [4.69, 9.17) is 0 Å². The number of rotatable bonds is 5. The van der Waals surface area contributed by atoms with Crippen LogP contribution < -0.4 is 0 Å². The lowest BCUT2D eigenvalue weighted by atomic mass is 9.84. The summed E-state index contributed by atoms with van der Waals surface area (Å²) in [5.74, 6) is 0.129. The molecule has 110 valence electrons. The van der Waals surface area contributed by atoms with Gasteiger partial charge in [0.15, 0.2) is 0 Å². The second kappa shape index (κ2) is 5.41. The zero-order valence-electron chi connectivity index (χ0n) is 11.7. The summed E-state index contributed by atoms with van der Waals surface area (Å²) in [6, 6.07) is 6.37. The van der Waals surface area contributed by atoms with Crippen LogP contribution in [0.4, 0.5) is 0 Å². The Hall–Kier alpha value is -1.01. The predicted octanol–water partition coefficient (Wildman–Crippen LogP) is 2.57. The first kappa shape index (κ1) is 15.4. The van der Waals surface area contributed by atoms with Gasteiger partial charge in [0, 0.05) is 6.54 Å². The maximum atomic E-state index is 12.5. The van der Waals surface area contributed by atoms with Crippen LogP contribution in [0.2, 0.25) is 0 Å². The molecule has 1 aliphatic heterocycles. The van der Waals surface area contributed by atoms with Crippen LogP contribution in [0, 0.1) is 5.41 Å². The Morgan fingerprint density at radius 1 is 1.20 bits per heavy atom. The van der Waals surface area contributed by atoms with Gasteiger partial charge in [0.05, 0.1) is 5.56 Å². The molecular formula is C14H19NO3S2. The van der Waals surface area contributed by atoms with Gasteiger partial charge in [-0.05, 0) is 36.1 Å². The molecule has 1 aliphatic rings. The Labute approximate surface area is 125 Å². The second-order valence-electron chi connectivity index (χ2n) is 5.18. The lowest BCUT2D eigenvalue weighted by molar-refractivity contribution is 0.0823. The molecule has 1 aromatic rings. The third-order valence-electron chi connectivity index (χ3n) is 4.23. The molecule has 1 aromatic carbocycles. The van der Waals surface area contributed by atoms with Gasteiger partial charge >= 0.3 is 0 Å². The van der Waals surface area contributed by atoms with Crippen molar-refractivity contribution in [2.24, 2.45) is 5.41 Å². The number of hydrogen-bond acceptors (Lipinski definition) is 4. The van der Waals surface area contributed by atoms with Crippen LogP contribution in [0.25, 0.3) is 0 Å². The summed E-state index contributed by atoms with van der Waals surface area (Å²) in [5, 5.41) is 0. The fraction of sp³-hybridized carbons (Fsp3) is 0.500. The molecule has 0 atom stereocenters. The van der Waals surface area contributed by atoms with Gasteiger partial charge in [-0.1, -0.05) is 26.0 Å². The molecule has 6 heteroatoms. The summed E-state index contributed by atoms with van der Waals surface area (Å²) in [6.07, 6.45) is 1.56. The second-order valence-corrected chi connectivity index (χ2v) is 7.33. The van der Waals surface area contributed by atoms with Crippen molar-refractivity contribution in [1.82, 2.24) is 4.31 Å². The summed E-state index contributed by atoms with van der Waals surface area (Å²) in [7, 11) is -3.71. The molecule has 0 unspecified atom stereocenters. The summed E-state index contributed by atoms with van der Waals surface area (Å²) in [5.41, 5.74) is 0.00113. The van der Waals surface area contributed by atoms with Gasteiger partial charge in [0.2, 0.25) is 0 Å². The van der Waals surface area contributed by atoms with Crippen molar-refractivity contribution in [1.29, 1.82) is 0 Å². The first-order valence-corrected chi connectivity index (χ1v) is 8.76. The smallest absolute Gasteiger partial charge is 0.268 e. The highest BCUT2D eigenvalue weighted by molar-refractivity contribution is 7.90.